The zero-order chi connectivity index (χ0) is 12.3. The van der Waals surface area contributed by atoms with Crippen molar-refractivity contribution in [2.45, 2.75) is 45.8 Å². The predicted molar refractivity (Wildman–Crippen MR) is 64.9 cm³/mol. The Bertz CT molecular complexity index is 361. The summed E-state index contributed by atoms with van der Waals surface area (Å²) in [5, 5.41) is 2.92. The first-order valence-corrected chi connectivity index (χ1v) is 5.51. The Morgan fingerprint density at radius 2 is 2.19 bits per heavy atom. The summed E-state index contributed by atoms with van der Waals surface area (Å²) < 4.78 is 1.88. The summed E-state index contributed by atoms with van der Waals surface area (Å²) in [4.78, 5) is 11.7. The second-order valence-corrected chi connectivity index (χ2v) is 5.15. The van der Waals surface area contributed by atoms with Crippen molar-refractivity contribution in [2.75, 3.05) is 0 Å². The molecule has 1 rings (SSSR count). The maximum Gasteiger partial charge on any atom is 0.240 e. The second-order valence-electron chi connectivity index (χ2n) is 5.15. The molecule has 16 heavy (non-hydrogen) atoms. The molecular weight excluding hydrogens is 202 g/mol. The van der Waals surface area contributed by atoms with E-state index < -0.39 is 0 Å². The van der Waals surface area contributed by atoms with Gasteiger partial charge in [-0.3, -0.25) is 4.79 Å². The van der Waals surface area contributed by atoms with Crippen LogP contribution >= 0.6 is 0 Å². The van der Waals surface area contributed by atoms with Crippen LogP contribution in [0.4, 0.5) is 0 Å². The summed E-state index contributed by atoms with van der Waals surface area (Å²) in [6.07, 6.45) is 1.88. The van der Waals surface area contributed by atoms with Gasteiger partial charge in [0.15, 0.2) is 0 Å². The Morgan fingerprint density at radius 1 is 1.56 bits per heavy atom. The monoisotopic (exact) mass is 223 g/mol. The Kier molecular flexibility index (Phi) is 3.75. The van der Waals surface area contributed by atoms with Crippen molar-refractivity contribution in [3.63, 3.8) is 0 Å². The van der Waals surface area contributed by atoms with E-state index >= 15 is 0 Å². The van der Waals surface area contributed by atoms with Crippen molar-refractivity contribution < 1.29 is 4.79 Å². The molecule has 0 radical (unpaired) electrons. The van der Waals surface area contributed by atoms with E-state index in [9.17, 15) is 4.79 Å². The maximum atomic E-state index is 11.7. The molecule has 1 heterocycles. The zero-order valence-corrected chi connectivity index (χ0v) is 10.4. The van der Waals surface area contributed by atoms with E-state index in [1.54, 1.807) is 0 Å². The van der Waals surface area contributed by atoms with Crippen LogP contribution in [0.5, 0.6) is 0 Å². The average Bonchev–Trinajstić information content (AvgIpc) is 2.47. The number of nitrogens with zero attached hydrogens (tertiary/aromatic N) is 1. The van der Waals surface area contributed by atoms with Gasteiger partial charge in [0.1, 0.15) is 6.54 Å². The summed E-state index contributed by atoms with van der Waals surface area (Å²) in [6.45, 7) is 8.13. The van der Waals surface area contributed by atoms with Gasteiger partial charge in [-0.2, -0.15) is 0 Å². The van der Waals surface area contributed by atoms with Crippen molar-refractivity contribution >= 4 is 5.91 Å². The lowest BCUT2D eigenvalue weighted by Crippen LogP contribution is -2.42. The van der Waals surface area contributed by atoms with Gasteiger partial charge >= 0.3 is 0 Å². The molecule has 1 atom stereocenters. The molecule has 0 aliphatic heterocycles. The third-order valence-corrected chi connectivity index (χ3v) is 2.16. The Balaban J connectivity index is 2.67. The van der Waals surface area contributed by atoms with Gasteiger partial charge < -0.3 is 15.6 Å². The van der Waals surface area contributed by atoms with Crippen molar-refractivity contribution in [2.24, 2.45) is 5.73 Å². The molecular formula is C12H21N3O. The van der Waals surface area contributed by atoms with Crippen LogP contribution in [0.1, 0.15) is 39.4 Å². The summed E-state index contributed by atoms with van der Waals surface area (Å²) in [5.74, 6) is 0.00519. The standard InChI is InChI=1S/C12H21N3O/c1-9(13)10-6-5-7-15(10)8-11(16)14-12(2,3)4/h5-7,9H,8,13H2,1-4H3,(H,14,16). The molecule has 0 aromatic carbocycles. The van der Waals surface area contributed by atoms with Crippen molar-refractivity contribution in [1.82, 2.24) is 9.88 Å². The van der Waals surface area contributed by atoms with Crippen LogP contribution in [0.25, 0.3) is 0 Å². The molecule has 1 aromatic rings. The molecule has 1 amide bonds. The number of nitrogens with one attached hydrogen (secondary N) is 1. The molecule has 0 saturated heterocycles. The molecule has 1 aromatic heterocycles. The molecule has 1 unspecified atom stereocenters. The first-order chi connectivity index (χ1) is 7.29. The smallest absolute Gasteiger partial charge is 0.240 e. The van der Waals surface area contributed by atoms with Crippen LogP contribution in [0.15, 0.2) is 18.3 Å². The van der Waals surface area contributed by atoms with Crippen molar-refractivity contribution in [1.29, 1.82) is 0 Å². The van der Waals surface area contributed by atoms with Crippen LogP contribution in [-0.2, 0) is 11.3 Å². The Labute approximate surface area is 96.8 Å². The number of carbonyl (C=O) groups is 1. The first-order valence-electron chi connectivity index (χ1n) is 5.51. The average molecular weight is 223 g/mol. The molecule has 4 heteroatoms. The lowest BCUT2D eigenvalue weighted by Gasteiger charge is -2.21. The van der Waals surface area contributed by atoms with Gasteiger partial charge in [-0.15, -0.1) is 0 Å². The van der Waals surface area contributed by atoms with Gasteiger partial charge in [0.05, 0.1) is 0 Å². The van der Waals surface area contributed by atoms with Gasteiger partial charge in [-0.25, -0.2) is 0 Å². The van der Waals surface area contributed by atoms with Crippen LogP contribution < -0.4 is 11.1 Å². The Hall–Kier alpha value is -1.29. The minimum atomic E-state index is -0.196. The number of carbonyl (C=O) groups excluding carboxylic acids is 1. The fourth-order valence-corrected chi connectivity index (χ4v) is 1.60. The third-order valence-electron chi connectivity index (χ3n) is 2.16. The number of nitrogens with two attached hydrogens (primary N) is 1. The number of hydrogen-bond acceptors (Lipinski definition) is 2. The highest BCUT2D eigenvalue weighted by Crippen LogP contribution is 2.10. The van der Waals surface area contributed by atoms with Gasteiger partial charge in [0.2, 0.25) is 5.91 Å². The highest BCUT2D eigenvalue weighted by molar-refractivity contribution is 5.76. The summed E-state index contributed by atoms with van der Waals surface area (Å²) in [7, 11) is 0. The van der Waals surface area contributed by atoms with E-state index in [1.807, 2.05) is 50.6 Å². The lowest BCUT2D eigenvalue weighted by atomic mass is 10.1. The van der Waals surface area contributed by atoms with Crippen LogP contribution in [0.3, 0.4) is 0 Å². The number of hydrogen-bond donors (Lipinski definition) is 2. The molecule has 0 spiro atoms. The lowest BCUT2D eigenvalue weighted by molar-refractivity contribution is -0.123. The van der Waals surface area contributed by atoms with Crippen molar-refractivity contribution in [3.05, 3.63) is 24.0 Å². The molecule has 0 saturated carbocycles. The predicted octanol–water partition coefficient (Wildman–Crippen LogP) is 1.42. The van der Waals surface area contributed by atoms with E-state index in [-0.39, 0.29) is 17.5 Å². The number of aromatic nitrogens is 1. The van der Waals surface area contributed by atoms with Crippen LogP contribution in [0, 0.1) is 0 Å². The highest BCUT2D eigenvalue weighted by atomic mass is 16.2. The minimum absolute atomic E-state index is 0.00519. The minimum Gasteiger partial charge on any atom is -0.350 e. The summed E-state index contributed by atoms with van der Waals surface area (Å²) in [5.41, 5.74) is 6.59. The second kappa shape index (κ2) is 4.70. The Morgan fingerprint density at radius 3 is 2.69 bits per heavy atom. The van der Waals surface area contributed by atoms with Gasteiger partial charge in [0, 0.05) is 23.5 Å². The molecule has 4 nitrogen and oxygen atoms in total. The van der Waals surface area contributed by atoms with Gasteiger partial charge in [-0.1, -0.05) is 0 Å². The fourth-order valence-electron chi connectivity index (χ4n) is 1.60. The van der Waals surface area contributed by atoms with Crippen molar-refractivity contribution in [3.8, 4) is 0 Å². The molecule has 0 fully saturated rings. The molecule has 3 N–H and O–H groups in total. The van der Waals surface area contributed by atoms with Gasteiger partial charge in [0.25, 0.3) is 0 Å². The van der Waals surface area contributed by atoms with Gasteiger partial charge in [-0.05, 0) is 39.8 Å². The number of amides is 1. The van der Waals surface area contributed by atoms with E-state index in [0.29, 0.717) is 6.54 Å². The first kappa shape index (κ1) is 12.8. The highest BCUT2D eigenvalue weighted by Gasteiger charge is 2.15. The molecule has 90 valence electrons. The number of rotatable bonds is 3. The van der Waals surface area contributed by atoms with Crippen LogP contribution in [0.2, 0.25) is 0 Å². The maximum absolute atomic E-state index is 11.7. The summed E-state index contributed by atoms with van der Waals surface area (Å²) >= 11 is 0. The third kappa shape index (κ3) is 3.70. The largest absolute Gasteiger partial charge is 0.350 e. The van der Waals surface area contributed by atoms with E-state index in [4.69, 9.17) is 5.73 Å². The van der Waals surface area contributed by atoms with E-state index in [1.165, 1.54) is 0 Å². The topological polar surface area (TPSA) is 60.0 Å². The normalized spacial score (nSPS) is 13.6. The molecule has 0 bridgehead atoms. The van der Waals surface area contributed by atoms with E-state index in [2.05, 4.69) is 5.32 Å². The SMILES string of the molecule is CC(N)c1cccn1CC(=O)NC(C)(C)C. The quantitative estimate of drug-likeness (QED) is 0.814. The van der Waals surface area contributed by atoms with Crippen LogP contribution in [-0.4, -0.2) is 16.0 Å². The molecule has 0 aliphatic carbocycles. The summed E-state index contributed by atoms with van der Waals surface area (Å²) in [6, 6.07) is 3.79. The molecule has 0 aliphatic rings. The van der Waals surface area contributed by atoms with E-state index in [0.717, 1.165) is 5.69 Å². The zero-order valence-electron chi connectivity index (χ0n) is 10.4. The fraction of sp³-hybridized carbons (Fsp3) is 0.583.